The van der Waals surface area contributed by atoms with Gasteiger partial charge in [0.25, 0.3) is 10.0 Å². The number of methoxy groups -OCH3 is 1. The predicted octanol–water partition coefficient (Wildman–Crippen LogP) is 5.79. The predicted molar refractivity (Wildman–Crippen MR) is 159 cm³/mol. The largest absolute Gasteiger partial charge is 0.497 e. The number of carbonyl (C=O) groups is 2. The Bertz CT molecular complexity index is 1410. The first-order valence-corrected chi connectivity index (χ1v) is 15.0. The molecule has 40 heavy (non-hydrogen) atoms. The summed E-state index contributed by atoms with van der Waals surface area (Å²) in [6.45, 7) is 3.18. The normalized spacial score (nSPS) is 11.9. The number of carbonyl (C=O) groups excluding carboxylic acids is 2. The molecule has 0 bridgehead atoms. The first-order valence-electron chi connectivity index (χ1n) is 12.5. The Morgan fingerprint density at radius 3 is 2.05 bits per heavy atom. The van der Waals surface area contributed by atoms with Crippen molar-refractivity contribution in [2.75, 3.05) is 24.5 Å². The smallest absolute Gasteiger partial charge is 0.264 e. The van der Waals surface area contributed by atoms with Crippen molar-refractivity contribution < 1.29 is 22.7 Å². The standard InChI is InChI=1S/C28H30Cl3N3O5S/c1-4-26(28(36)32-5-2)33(17-23-24(30)7-6-8-25(23)31)27(35)18-34(20-11-9-19(29)10-12-20)40(37,38)22-15-13-21(39-3)14-16-22/h6-16,26H,4-5,17-18H2,1-3H3,(H,32,36)/t26-/m1/s1. The number of hydrogen-bond acceptors (Lipinski definition) is 5. The van der Waals surface area contributed by atoms with Gasteiger partial charge in [-0.05, 0) is 74.0 Å². The lowest BCUT2D eigenvalue weighted by molar-refractivity contribution is -0.140. The van der Waals surface area contributed by atoms with Crippen LogP contribution in [0.4, 0.5) is 5.69 Å². The molecule has 0 heterocycles. The highest BCUT2D eigenvalue weighted by Gasteiger charge is 2.34. The van der Waals surface area contributed by atoms with E-state index in [-0.39, 0.29) is 29.5 Å². The monoisotopic (exact) mass is 625 g/mol. The summed E-state index contributed by atoms with van der Waals surface area (Å²) < 4.78 is 33.9. The van der Waals surface area contributed by atoms with E-state index in [4.69, 9.17) is 39.5 Å². The molecule has 0 saturated heterocycles. The summed E-state index contributed by atoms with van der Waals surface area (Å²) in [6.07, 6.45) is 0.270. The van der Waals surface area contributed by atoms with Crippen LogP contribution in [0, 0.1) is 0 Å². The average Bonchev–Trinajstić information content (AvgIpc) is 2.93. The number of hydrogen-bond donors (Lipinski definition) is 1. The van der Waals surface area contributed by atoms with Crippen LogP contribution in [0.5, 0.6) is 5.75 Å². The van der Waals surface area contributed by atoms with E-state index in [1.807, 2.05) is 0 Å². The summed E-state index contributed by atoms with van der Waals surface area (Å²) in [5, 5.41) is 3.78. The molecular formula is C28H30Cl3N3O5S. The number of nitrogens with zero attached hydrogens (tertiary/aromatic N) is 2. The maximum atomic E-state index is 14.0. The highest BCUT2D eigenvalue weighted by atomic mass is 35.5. The molecular weight excluding hydrogens is 597 g/mol. The number of benzene rings is 3. The second-order valence-corrected chi connectivity index (χ2v) is 11.8. The van der Waals surface area contributed by atoms with Gasteiger partial charge in [-0.2, -0.15) is 0 Å². The fraction of sp³-hybridized carbons (Fsp3) is 0.286. The quantitative estimate of drug-likeness (QED) is 0.274. The molecule has 0 spiro atoms. The van der Waals surface area contributed by atoms with Gasteiger partial charge in [0.2, 0.25) is 11.8 Å². The molecule has 2 amide bonds. The van der Waals surface area contributed by atoms with Crippen LogP contribution in [-0.2, 0) is 26.2 Å². The van der Waals surface area contributed by atoms with Gasteiger partial charge in [0.05, 0.1) is 17.7 Å². The number of nitrogens with one attached hydrogen (secondary N) is 1. The van der Waals surface area contributed by atoms with E-state index >= 15 is 0 Å². The van der Waals surface area contributed by atoms with Crippen molar-refractivity contribution in [3.05, 3.63) is 87.4 Å². The Hall–Kier alpha value is -2.98. The van der Waals surface area contributed by atoms with E-state index < -0.39 is 28.5 Å². The van der Waals surface area contributed by atoms with Crippen LogP contribution >= 0.6 is 34.8 Å². The molecule has 0 fully saturated rings. The molecule has 0 aliphatic heterocycles. The summed E-state index contributed by atoms with van der Waals surface area (Å²) in [5.41, 5.74) is 0.660. The number of anilines is 1. The van der Waals surface area contributed by atoms with E-state index in [0.717, 1.165) is 4.31 Å². The number of amides is 2. The minimum atomic E-state index is -4.24. The van der Waals surface area contributed by atoms with Crippen molar-refractivity contribution >= 4 is 62.3 Å². The molecule has 3 aromatic rings. The lowest BCUT2D eigenvalue weighted by Crippen LogP contribution is -2.52. The molecule has 0 saturated carbocycles. The van der Waals surface area contributed by atoms with E-state index in [9.17, 15) is 18.0 Å². The zero-order valence-electron chi connectivity index (χ0n) is 22.2. The molecule has 3 aromatic carbocycles. The molecule has 0 unspecified atom stereocenters. The molecule has 1 atom stereocenters. The molecule has 1 N–H and O–H groups in total. The molecule has 0 radical (unpaired) electrons. The third kappa shape index (κ3) is 7.40. The van der Waals surface area contributed by atoms with E-state index in [0.29, 0.717) is 32.9 Å². The first kappa shape index (κ1) is 31.5. The number of likely N-dealkylation sites (N-methyl/N-ethyl adjacent to an activating group) is 1. The van der Waals surface area contributed by atoms with Gasteiger partial charge in [0.1, 0.15) is 18.3 Å². The Kier molecular flexibility index (Phi) is 11.1. The Morgan fingerprint density at radius 2 is 1.52 bits per heavy atom. The summed E-state index contributed by atoms with van der Waals surface area (Å²) in [5.74, 6) is -0.526. The zero-order valence-corrected chi connectivity index (χ0v) is 25.3. The summed E-state index contributed by atoms with van der Waals surface area (Å²) in [4.78, 5) is 28.3. The lowest BCUT2D eigenvalue weighted by Gasteiger charge is -2.33. The summed E-state index contributed by atoms with van der Waals surface area (Å²) >= 11 is 18.9. The van der Waals surface area contributed by atoms with Gasteiger partial charge >= 0.3 is 0 Å². The van der Waals surface area contributed by atoms with Gasteiger partial charge in [-0.3, -0.25) is 13.9 Å². The minimum absolute atomic E-state index is 0.0486. The second kappa shape index (κ2) is 14.1. The Balaban J connectivity index is 2.09. The van der Waals surface area contributed by atoms with Gasteiger partial charge in [-0.1, -0.05) is 47.8 Å². The molecule has 8 nitrogen and oxygen atoms in total. The molecule has 0 aromatic heterocycles. The fourth-order valence-corrected chi connectivity index (χ4v) is 6.13. The summed E-state index contributed by atoms with van der Waals surface area (Å²) in [7, 11) is -2.77. The Morgan fingerprint density at radius 1 is 0.925 bits per heavy atom. The summed E-state index contributed by atoms with van der Waals surface area (Å²) in [6, 6.07) is 15.9. The zero-order chi connectivity index (χ0) is 29.4. The van der Waals surface area contributed by atoms with Gasteiger partial charge in [-0.15, -0.1) is 0 Å². The highest BCUT2D eigenvalue weighted by molar-refractivity contribution is 7.92. The van der Waals surface area contributed by atoms with Crippen molar-refractivity contribution in [3.8, 4) is 5.75 Å². The van der Waals surface area contributed by atoms with Gasteiger partial charge in [0.15, 0.2) is 0 Å². The Labute approximate surface area is 249 Å². The number of halogens is 3. The topological polar surface area (TPSA) is 96.0 Å². The van der Waals surface area contributed by atoms with Gasteiger partial charge in [-0.25, -0.2) is 8.42 Å². The van der Waals surface area contributed by atoms with Crippen LogP contribution in [0.25, 0.3) is 0 Å². The van der Waals surface area contributed by atoms with Crippen molar-refractivity contribution in [2.45, 2.75) is 37.8 Å². The van der Waals surface area contributed by atoms with Crippen molar-refractivity contribution in [2.24, 2.45) is 0 Å². The van der Waals surface area contributed by atoms with Crippen molar-refractivity contribution in [1.82, 2.24) is 10.2 Å². The number of rotatable bonds is 12. The van der Waals surface area contributed by atoms with Crippen LogP contribution in [0.3, 0.4) is 0 Å². The van der Waals surface area contributed by atoms with E-state index in [1.54, 1.807) is 32.0 Å². The average molecular weight is 627 g/mol. The van der Waals surface area contributed by atoms with Crippen LogP contribution in [0.15, 0.2) is 71.6 Å². The van der Waals surface area contributed by atoms with Gasteiger partial charge < -0.3 is 15.0 Å². The van der Waals surface area contributed by atoms with Crippen LogP contribution in [0.2, 0.25) is 15.1 Å². The van der Waals surface area contributed by atoms with Crippen molar-refractivity contribution in [1.29, 1.82) is 0 Å². The van der Waals surface area contributed by atoms with E-state index in [1.165, 1.54) is 60.5 Å². The molecule has 0 aliphatic carbocycles. The SMILES string of the molecule is CCNC(=O)[C@@H](CC)N(Cc1c(Cl)cccc1Cl)C(=O)CN(c1ccc(Cl)cc1)S(=O)(=O)c1ccc(OC)cc1. The second-order valence-electron chi connectivity index (χ2n) is 8.70. The maximum absolute atomic E-state index is 14.0. The first-order chi connectivity index (χ1) is 19.0. The van der Waals surface area contributed by atoms with Crippen LogP contribution in [0.1, 0.15) is 25.8 Å². The van der Waals surface area contributed by atoms with E-state index in [2.05, 4.69) is 5.32 Å². The highest BCUT2D eigenvalue weighted by Crippen LogP contribution is 2.29. The molecule has 12 heteroatoms. The van der Waals surface area contributed by atoms with Gasteiger partial charge in [0, 0.05) is 33.7 Å². The van der Waals surface area contributed by atoms with Crippen molar-refractivity contribution in [3.63, 3.8) is 0 Å². The maximum Gasteiger partial charge on any atom is 0.264 e. The fourth-order valence-electron chi connectivity index (χ4n) is 4.08. The third-order valence-electron chi connectivity index (χ3n) is 6.17. The number of ether oxygens (including phenoxy) is 1. The molecule has 0 aliphatic rings. The lowest BCUT2D eigenvalue weighted by atomic mass is 10.1. The minimum Gasteiger partial charge on any atom is -0.497 e. The van der Waals surface area contributed by atoms with Crippen LogP contribution < -0.4 is 14.4 Å². The molecule has 214 valence electrons. The van der Waals surface area contributed by atoms with Crippen LogP contribution in [-0.4, -0.2) is 51.4 Å². The number of sulfonamides is 1. The molecule has 3 rings (SSSR count). The third-order valence-corrected chi connectivity index (χ3v) is 8.92.